The van der Waals surface area contributed by atoms with Crippen LogP contribution in [0.15, 0.2) is 35.7 Å². The van der Waals surface area contributed by atoms with Crippen molar-refractivity contribution in [3.05, 3.63) is 46.3 Å². The molecule has 0 spiro atoms. The molecule has 17 heavy (non-hydrogen) atoms. The van der Waals surface area contributed by atoms with Crippen molar-refractivity contribution in [2.24, 2.45) is 0 Å². The van der Waals surface area contributed by atoms with Gasteiger partial charge in [0, 0.05) is 6.04 Å². The Morgan fingerprint density at radius 2 is 1.94 bits per heavy atom. The summed E-state index contributed by atoms with van der Waals surface area (Å²) in [6, 6.07) is 11.0. The molecule has 1 heterocycles. The molecule has 0 aliphatic heterocycles. The maximum Gasteiger partial charge on any atom is 0.0592 e. The van der Waals surface area contributed by atoms with Crippen LogP contribution in [-0.4, -0.2) is 7.05 Å². The SMILES string of the molecule is CCC(NC)c1ccc(-c2sccc2Cl)cc1. The Hall–Kier alpha value is -0.830. The van der Waals surface area contributed by atoms with Gasteiger partial charge in [-0.25, -0.2) is 0 Å². The van der Waals surface area contributed by atoms with Gasteiger partial charge in [-0.2, -0.15) is 0 Å². The van der Waals surface area contributed by atoms with Gasteiger partial charge in [-0.3, -0.25) is 0 Å². The second-order valence-electron chi connectivity index (χ2n) is 3.97. The van der Waals surface area contributed by atoms with E-state index in [1.807, 2.05) is 18.5 Å². The molecule has 0 saturated heterocycles. The zero-order valence-electron chi connectivity index (χ0n) is 10.0. The first-order valence-electron chi connectivity index (χ1n) is 5.76. The van der Waals surface area contributed by atoms with E-state index in [9.17, 15) is 0 Å². The largest absolute Gasteiger partial charge is 0.313 e. The van der Waals surface area contributed by atoms with Gasteiger partial charge in [-0.15, -0.1) is 11.3 Å². The van der Waals surface area contributed by atoms with Gasteiger partial charge in [0.05, 0.1) is 9.90 Å². The number of hydrogen-bond acceptors (Lipinski definition) is 2. The second kappa shape index (κ2) is 5.67. The summed E-state index contributed by atoms with van der Waals surface area (Å²) in [5, 5.41) is 6.17. The van der Waals surface area contributed by atoms with E-state index in [1.54, 1.807) is 11.3 Å². The number of halogens is 1. The van der Waals surface area contributed by atoms with Gasteiger partial charge in [-0.1, -0.05) is 42.8 Å². The lowest BCUT2D eigenvalue weighted by Gasteiger charge is -2.14. The summed E-state index contributed by atoms with van der Waals surface area (Å²) in [7, 11) is 2.00. The highest BCUT2D eigenvalue weighted by Crippen LogP contribution is 2.33. The van der Waals surface area contributed by atoms with Crippen molar-refractivity contribution in [2.75, 3.05) is 7.05 Å². The molecule has 2 aromatic rings. The number of thiophene rings is 1. The van der Waals surface area contributed by atoms with Gasteiger partial charge in [0.1, 0.15) is 0 Å². The topological polar surface area (TPSA) is 12.0 Å². The van der Waals surface area contributed by atoms with Crippen molar-refractivity contribution >= 4 is 22.9 Å². The number of benzene rings is 1. The van der Waals surface area contributed by atoms with Crippen LogP contribution in [0.25, 0.3) is 10.4 Å². The molecule has 1 unspecified atom stereocenters. The van der Waals surface area contributed by atoms with Crippen LogP contribution in [0.2, 0.25) is 5.02 Å². The Morgan fingerprint density at radius 1 is 1.24 bits per heavy atom. The molecule has 0 radical (unpaired) electrons. The van der Waals surface area contributed by atoms with Gasteiger partial charge in [0.2, 0.25) is 0 Å². The predicted molar refractivity (Wildman–Crippen MR) is 76.9 cm³/mol. The second-order valence-corrected chi connectivity index (χ2v) is 5.29. The van der Waals surface area contributed by atoms with E-state index in [0.29, 0.717) is 6.04 Å². The average Bonchev–Trinajstić information content (AvgIpc) is 2.78. The molecule has 0 amide bonds. The first kappa shape index (κ1) is 12.6. The van der Waals surface area contributed by atoms with E-state index in [2.05, 4.69) is 36.5 Å². The van der Waals surface area contributed by atoms with Crippen LogP contribution < -0.4 is 5.32 Å². The Bertz CT molecular complexity index is 471. The van der Waals surface area contributed by atoms with Crippen LogP contribution in [0, 0.1) is 0 Å². The molecule has 90 valence electrons. The molecule has 1 atom stereocenters. The zero-order valence-corrected chi connectivity index (χ0v) is 11.6. The van der Waals surface area contributed by atoms with Crippen molar-refractivity contribution in [2.45, 2.75) is 19.4 Å². The van der Waals surface area contributed by atoms with E-state index in [4.69, 9.17) is 11.6 Å². The summed E-state index contributed by atoms with van der Waals surface area (Å²) < 4.78 is 0. The Morgan fingerprint density at radius 3 is 2.41 bits per heavy atom. The third-order valence-electron chi connectivity index (χ3n) is 2.95. The summed E-state index contributed by atoms with van der Waals surface area (Å²) in [5.41, 5.74) is 2.52. The third-order valence-corrected chi connectivity index (χ3v) is 4.34. The molecule has 1 aromatic heterocycles. The van der Waals surface area contributed by atoms with Gasteiger partial charge >= 0.3 is 0 Å². The molecular weight excluding hydrogens is 250 g/mol. The molecule has 2 rings (SSSR count). The Balaban J connectivity index is 2.27. The first-order valence-corrected chi connectivity index (χ1v) is 7.02. The number of rotatable bonds is 4. The van der Waals surface area contributed by atoms with Crippen LogP contribution in [0.5, 0.6) is 0 Å². The van der Waals surface area contributed by atoms with Crippen LogP contribution in [0.1, 0.15) is 24.9 Å². The van der Waals surface area contributed by atoms with Crippen molar-refractivity contribution in [1.82, 2.24) is 5.32 Å². The monoisotopic (exact) mass is 265 g/mol. The smallest absolute Gasteiger partial charge is 0.0592 e. The first-order chi connectivity index (χ1) is 8.26. The van der Waals surface area contributed by atoms with Crippen LogP contribution in [0.4, 0.5) is 0 Å². The standard InChI is InChI=1S/C14H16ClNS/c1-3-13(16-2)10-4-6-11(7-5-10)14-12(15)8-9-17-14/h4-9,13,16H,3H2,1-2H3. The molecule has 0 bridgehead atoms. The number of nitrogens with one attached hydrogen (secondary N) is 1. The maximum atomic E-state index is 6.13. The molecule has 0 saturated carbocycles. The van der Waals surface area contributed by atoms with Crippen molar-refractivity contribution in [3.8, 4) is 10.4 Å². The fourth-order valence-electron chi connectivity index (χ4n) is 1.97. The molecule has 1 N–H and O–H groups in total. The van der Waals surface area contributed by atoms with Gasteiger partial charge in [-0.05, 0) is 36.0 Å². The zero-order chi connectivity index (χ0) is 12.3. The van der Waals surface area contributed by atoms with Crippen molar-refractivity contribution in [1.29, 1.82) is 0 Å². The highest BCUT2D eigenvalue weighted by molar-refractivity contribution is 7.14. The van der Waals surface area contributed by atoms with Crippen molar-refractivity contribution in [3.63, 3.8) is 0 Å². The van der Waals surface area contributed by atoms with Crippen LogP contribution in [0.3, 0.4) is 0 Å². The molecule has 1 nitrogen and oxygen atoms in total. The molecular formula is C14H16ClNS. The lowest BCUT2D eigenvalue weighted by Crippen LogP contribution is -2.14. The third kappa shape index (κ3) is 2.71. The van der Waals surface area contributed by atoms with E-state index < -0.39 is 0 Å². The lowest BCUT2D eigenvalue weighted by atomic mass is 10.0. The van der Waals surface area contributed by atoms with Crippen LogP contribution in [-0.2, 0) is 0 Å². The van der Waals surface area contributed by atoms with E-state index in [-0.39, 0.29) is 0 Å². The Labute approximate surface area is 111 Å². The lowest BCUT2D eigenvalue weighted by molar-refractivity contribution is 0.577. The molecule has 0 aliphatic rings. The normalized spacial score (nSPS) is 12.6. The average molecular weight is 266 g/mol. The summed E-state index contributed by atoms with van der Waals surface area (Å²) in [6.45, 7) is 2.19. The maximum absolute atomic E-state index is 6.13. The Kier molecular flexibility index (Phi) is 4.21. The minimum absolute atomic E-state index is 0.433. The van der Waals surface area contributed by atoms with Gasteiger partial charge in [0.15, 0.2) is 0 Å². The minimum Gasteiger partial charge on any atom is -0.313 e. The summed E-state index contributed by atoms with van der Waals surface area (Å²) in [6.07, 6.45) is 1.09. The molecule has 1 aromatic carbocycles. The number of hydrogen-bond donors (Lipinski definition) is 1. The highest BCUT2D eigenvalue weighted by atomic mass is 35.5. The van der Waals surface area contributed by atoms with Gasteiger partial charge < -0.3 is 5.32 Å². The molecule has 0 fully saturated rings. The quantitative estimate of drug-likeness (QED) is 0.842. The fourth-order valence-corrected chi connectivity index (χ4v) is 3.15. The molecule has 0 aliphatic carbocycles. The highest BCUT2D eigenvalue weighted by Gasteiger charge is 2.08. The van der Waals surface area contributed by atoms with Gasteiger partial charge in [0.25, 0.3) is 0 Å². The van der Waals surface area contributed by atoms with E-state index in [1.165, 1.54) is 11.1 Å². The van der Waals surface area contributed by atoms with E-state index >= 15 is 0 Å². The summed E-state index contributed by atoms with van der Waals surface area (Å²) in [5.74, 6) is 0. The fraction of sp³-hybridized carbons (Fsp3) is 0.286. The van der Waals surface area contributed by atoms with Crippen LogP contribution >= 0.6 is 22.9 Å². The minimum atomic E-state index is 0.433. The summed E-state index contributed by atoms with van der Waals surface area (Å²) in [4.78, 5) is 1.15. The van der Waals surface area contributed by atoms with E-state index in [0.717, 1.165) is 16.3 Å². The predicted octanol–water partition coefficient (Wildman–Crippen LogP) is 4.74. The van der Waals surface area contributed by atoms with Crippen molar-refractivity contribution < 1.29 is 0 Å². The molecule has 3 heteroatoms. The summed E-state index contributed by atoms with van der Waals surface area (Å²) >= 11 is 7.81.